The number of benzene rings is 1. The molecular weight excluding hydrogens is 259 g/mol. The van der Waals surface area contributed by atoms with Gasteiger partial charge >= 0.3 is 0 Å². The number of halogens is 2. The van der Waals surface area contributed by atoms with Gasteiger partial charge in [0.05, 0.1) is 0 Å². The van der Waals surface area contributed by atoms with Crippen LogP contribution in [-0.4, -0.2) is 19.0 Å². The molecule has 0 radical (unpaired) electrons. The number of fused-ring (bicyclic) bond motifs is 2. The Kier molecular flexibility index (Phi) is 3.17. The molecule has 3 nitrogen and oxygen atoms in total. The molecule has 1 spiro atoms. The Hall–Kier alpha value is -1.03. The highest BCUT2D eigenvalue weighted by molar-refractivity contribution is 6.33. The molecule has 0 aliphatic carbocycles. The van der Waals surface area contributed by atoms with E-state index in [-0.39, 0.29) is 18.3 Å². The highest BCUT2D eigenvalue weighted by Gasteiger charge is 2.46. The lowest BCUT2D eigenvalue weighted by molar-refractivity contribution is -0.119. The third-order valence-corrected chi connectivity index (χ3v) is 3.50. The number of hydrogen-bond acceptors (Lipinski definition) is 2. The molecule has 1 aromatic carbocycles. The molecule has 5 heteroatoms. The number of amides is 1. The van der Waals surface area contributed by atoms with Crippen molar-refractivity contribution in [1.29, 1.82) is 0 Å². The minimum absolute atomic E-state index is 0. The number of rotatable bonds is 0. The molecule has 2 aliphatic rings. The van der Waals surface area contributed by atoms with E-state index in [0.29, 0.717) is 11.6 Å². The van der Waals surface area contributed by atoms with Gasteiger partial charge in [0.25, 0.3) is 0 Å². The van der Waals surface area contributed by atoms with Gasteiger partial charge in [-0.2, -0.15) is 0 Å². The van der Waals surface area contributed by atoms with Crippen molar-refractivity contribution >= 4 is 35.6 Å². The number of nitrogens with one attached hydrogen (secondary N) is 2. The summed E-state index contributed by atoms with van der Waals surface area (Å²) >= 11 is 6.20. The zero-order valence-electron chi connectivity index (χ0n) is 9.00. The van der Waals surface area contributed by atoms with Crippen molar-refractivity contribution in [3.63, 3.8) is 0 Å². The van der Waals surface area contributed by atoms with Crippen molar-refractivity contribution < 1.29 is 4.79 Å². The van der Waals surface area contributed by atoms with Gasteiger partial charge in [0.15, 0.2) is 0 Å². The molecular formula is C12H12Cl2N2O. The van der Waals surface area contributed by atoms with Crippen LogP contribution in [0.3, 0.4) is 0 Å². The maximum atomic E-state index is 12.1. The molecule has 0 unspecified atom stereocenters. The van der Waals surface area contributed by atoms with E-state index in [4.69, 9.17) is 11.6 Å². The maximum Gasteiger partial charge on any atom is 0.240 e. The summed E-state index contributed by atoms with van der Waals surface area (Å²) in [5.41, 5.74) is 1.10. The Labute approximate surface area is 111 Å². The normalized spacial score (nSPS) is 25.4. The third kappa shape index (κ3) is 1.66. The molecule has 3 rings (SSSR count). The SMILES string of the molecule is Cl.O=C1Nc2cccc(Cl)c2[C@]12C=CCNC2. The first-order valence-electron chi connectivity index (χ1n) is 5.23. The topological polar surface area (TPSA) is 41.1 Å². The highest BCUT2D eigenvalue weighted by Crippen LogP contribution is 2.43. The number of hydrogen-bond donors (Lipinski definition) is 2. The molecule has 0 fully saturated rings. The van der Waals surface area contributed by atoms with Gasteiger partial charge in [0.1, 0.15) is 5.41 Å². The lowest BCUT2D eigenvalue weighted by Gasteiger charge is -2.27. The summed E-state index contributed by atoms with van der Waals surface area (Å²) in [6, 6.07) is 5.56. The van der Waals surface area contributed by atoms with Gasteiger partial charge in [-0.25, -0.2) is 0 Å². The Morgan fingerprint density at radius 2 is 2.18 bits per heavy atom. The average Bonchev–Trinajstić information content (AvgIpc) is 2.55. The van der Waals surface area contributed by atoms with Crippen LogP contribution in [0.25, 0.3) is 0 Å². The monoisotopic (exact) mass is 270 g/mol. The van der Waals surface area contributed by atoms with E-state index in [1.54, 1.807) is 0 Å². The molecule has 0 bridgehead atoms. The first kappa shape index (κ1) is 12.4. The van der Waals surface area contributed by atoms with Gasteiger partial charge < -0.3 is 10.6 Å². The van der Waals surface area contributed by atoms with Crippen molar-refractivity contribution in [3.8, 4) is 0 Å². The molecule has 2 N–H and O–H groups in total. The minimum atomic E-state index is -0.619. The summed E-state index contributed by atoms with van der Waals surface area (Å²) in [4.78, 5) is 12.1. The van der Waals surface area contributed by atoms with Gasteiger partial charge in [0.2, 0.25) is 5.91 Å². The summed E-state index contributed by atoms with van der Waals surface area (Å²) in [6.07, 6.45) is 3.93. The van der Waals surface area contributed by atoms with Crippen molar-refractivity contribution in [2.24, 2.45) is 0 Å². The van der Waals surface area contributed by atoms with Crippen LogP contribution in [0.1, 0.15) is 5.56 Å². The second-order valence-electron chi connectivity index (χ2n) is 4.12. The van der Waals surface area contributed by atoms with Crippen LogP contribution in [0.2, 0.25) is 5.02 Å². The van der Waals surface area contributed by atoms with E-state index in [0.717, 1.165) is 17.8 Å². The second-order valence-corrected chi connectivity index (χ2v) is 4.53. The first-order chi connectivity index (χ1) is 7.74. The Bertz CT molecular complexity index is 501. The molecule has 90 valence electrons. The summed E-state index contributed by atoms with van der Waals surface area (Å²) in [5.74, 6) is -0.000880. The van der Waals surface area contributed by atoms with Crippen molar-refractivity contribution in [3.05, 3.63) is 40.9 Å². The number of carbonyl (C=O) groups excluding carboxylic acids is 1. The van der Waals surface area contributed by atoms with Crippen LogP contribution in [0.5, 0.6) is 0 Å². The van der Waals surface area contributed by atoms with Gasteiger partial charge in [-0.15, -0.1) is 12.4 Å². The maximum absolute atomic E-state index is 12.1. The van der Waals surface area contributed by atoms with Crippen LogP contribution in [0.15, 0.2) is 30.4 Å². The van der Waals surface area contributed by atoms with E-state index in [9.17, 15) is 4.79 Å². The molecule has 1 aromatic rings. The molecule has 0 saturated carbocycles. The summed E-state index contributed by atoms with van der Waals surface area (Å²) < 4.78 is 0. The van der Waals surface area contributed by atoms with E-state index < -0.39 is 5.41 Å². The largest absolute Gasteiger partial charge is 0.325 e. The van der Waals surface area contributed by atoms with E-state index >= 15 is 0 Å². The fourth-order valence-electron chi connectivity index (χ4n) is 2.43. The fraction of sp³-hybridized carbons (Fsp3) is 0.250. The van der Waals surface area contributed by atoms with Crippen LogP contribution in [-0.2, 0) is 10.2 Å². The number of anilines is 1. The average molecular weight is 271 g/mol. The predicted octanol–water partition coefficient (Wildman–Crippen LogP) is 2.11. The Balaban J connectivity index is 0.00000108. The standard InChI is InChI=1S/C12H11ClN2O.ClH/c13-8-3-1-4-9-10(8)12(11(16)15-9)5-2-6-14-7-12;/h1-5,14H,6-7H2,(H,15,16);1H/t12-;/m1./s1. The second kappa shape index (κ2) is 4.33. The zero-order valence-corrected chi connectivity index (χ0v) is 10.6. The molecule has 0 aromatic heterocycles. The van der Waals surface area contributed by atoms with Crippen molar-refractivity contribution in [1.82, 2.24) is 5.32 Å². The van der Waals surface area contributed by atoms with E-state index in [2.05, 4.69) is 10.6 Å². The Morgan fingerprint density at radius 3 is 2.88 bits per heavy atom. The minimum Gasteiger partial charge on any atom is -0.325 e. The molecule has 1 atom stereocenters. The van der Waals surface area contributed by atoms with E-state index in [1.165, 1.54) is 0 Å². The van der Waals surface area contributed by atoms with Crippen LogP contribution in [0.4, 0.5) is 5.69 Å². The zero-order chi connectivity index (χ0) is 11.2. The predicted molar refractivity (Wildman–Crippen MR) is 71.0 cm³/mol. The first-order valence-corrected chi connectivity index (χ1v) is 5.61. The lowest BCUT2D eigenvalue weighted by atomic mass is 9.80. The Morgan fingerprint density at radius 1 is 1.35 bits per heavy atom. The van der Waals surface area contributed by atoms with Crippen LogP contribution >= 0.6 is 24.0 Å². The smallest absolute Gasteiger partial charge is 0.240 e. The quantitative estimate of drug-likeness (QED) is 0.709. The molecule has 0 saturated heterocycles. The summed E-state index contributed by atoms with van der Waals surface area (Å²) in [7, 11) is 0. The van der Waals surface area contributed by atoms with Gasteiger partial charge in [-0.3, -0.25) is 4.79 Å². The molecule has 1 amide bonds. The van der Waals surface area contributed by atoms with Crippen LogP contribution in [0, 0.1) is 0 Å². The lowest BCUT2D eigenvalue weighted by Crippen LogP contribution is -2.45. The summed E-state index contributed by atoms with van der Waals surface area (Å²) in [6.45, 7) is 1.40. The van der Waals surface area contributed by atoms with Crippen molar-refractivity contribution in [2.75, 3.05) is 18.4 Å². The fourth-order valence-corrected chi connectivity index (χ4v) is 2.77. The van der Waals surface area contributed by atoms with Crippen LogP contribution < -0.4 is 10.6 Å². The van der Waals surface area contributed by atoms with Crippen molar-refractivity contribution in [2.45, 2.75) is 5.41 Å². The molecule has 2 aliphatic heterocycles. The highest BCUT2D eigenvalue weighted by atomic mass is 35.5. The van der Waals surface area contributed by atoms with Gasteiger partial charge in [-0.05, 0) is 12.1 Å². The molecule has 17 heavy (non-hydrogen) atoms. The van der Waals surface area contributed by atoms with Gasteiger partial charge in [-0.1, -0.05) is 29.8 Å². The van der Waals surface area contributed by atoms with E-state index in [1.807, 2.05) is 30.4 Å². The summed E-state index contributed by atoms with van der Waals surface area (Å²) in [5, 5.41) is 6.74. The number of carbonyl (C=O) groups is 1. The third-order valence-electron chi connectivity index (χ3n) is 3.18. The molecule has 2 heterocycles. The van der Waals surface area contributed by atoms with Gasteiger partial charge in [0, 0.05) is 29.4 Å².